The van der Waals surface area contributed by atoms with Crippen molar-refractivity contribution in [2.24, 2.45) is 5.92 Å². The van der Waals surface area contributed by atoms with Crippen LogP contribution in [-0.2, 0) is 6.61 Å². The number of pyridine rings is 1. The first-order valence-electron chi connectivity index (χ1n) is 9.62. The quantitative estimate of drug-likeness (QED) is 0.457. The fourth-order valence-corrected chi connectivity index (χ4v) is 3.20. The van der Waals surface area contributed by atoms with Crippen LogP contribution in [0.4, 0.5) is 0 Å². The third-order valence-corrected chi connectivity index (χ3v) is 4.89. The summed E-state index contributed by atoms with van der Waals surface area (Å²) >= 11 is 0. The molecule has 2 aromatic heterocycles. The second kappa shape index (κ2) is 7.25. The minimum absolute atomic E-state index is 0.502. The van der Waals surface area contributed by atoms with E-state index in [2.05, 4.69) is 53.2 Å². The van der Waals surface area contributed by atoms with Gasteiger partial charge in [0.05, 0.1) is 6.20 Å². The molecule has 0 spiro atoms. The van der Waals surface area contributed by atoms with E-state index in [0.717, 1.165) is 33.9 Å². The fraction of sp³-hybridized carbons (Fsp3) is 0.160. The normalized spacial score (nSPS) is 13.1. The molecule has 1 aliphatic rings. The molecule has 0 radical (unpaired) electrons. The van der Waals surface area contributed by atoms with Gasteiger partial charge in [-0.25, -0.2) is 4.98 Å². The lowest BCUT2D eigenvalue weighted by molar-refractivity contribution is 0.290. The van der Waals surface area contributed by atoms with Gasteiger partial charge in [0.25, 0.3) is 0 Å². The first-order valence-corrected chi connectivity index (χ1v) is 9.62. The molecule has 0 aliphatic heterocycles. The highest BCUT2D eigenvalue weighted by Crippen LogP contribution is 2.29. The number of benzene rings is 2. The summed E-state index contributed by atoms with van der Waals surface area (Å²) in [6, 6.07) is 24.7. The average molecular weight is 364 g/mol. The Morgan fingerprint density at radius 2 is 1.68 bits per heavy atom. The van der Waals surface area contributed by atoms with Crippen LogP contribution >= 0.6 is 0 Å². The van der Waals surface area contributed by atoms with Gasteiger partial charge >= 0.3 is 0 Å². The number of hydrogen-bond acceptors (Lipinski definition) is 2. The van der Waals surface area contributed by atoms with E-state index in [-0.39, 0.29) is 0 Å². The third-order valence-electron chi connectivity index (χ3n) is 4.89. The van der Waals surface area contributed by atoms with E-state index in [9.17, 15) is 0 Å². The average Bonchev–Trinajstić information content (AvgIpc) is 3.50. The van der Waals surface area contributed by atoms with Crippen LogP contribution in [0.3, 0.4) is 0 Å². The lowest BCUT2D eigenvalue weighted by atomic mass is 10.1. The van der Waals surface area contributed by atoms with Gasteiger partial charge in [-0.1, -0.05) is 66.6 Å². The third kappa shape index (κ3) is 3.50. The number of aromatic nitrogens is 2. The summed E-state index contributed by atoms with van der Waals surface area (Å²) in [5.74, 6) is 7.94. The number of hydrogen-bond donors (Lipinski definition) is 0. The minimum Gasteiger partial charge on any atom is -0.474 e. The summed E-state index contributed by atoms with van der Waals surface area (Å²) in [7, 11) is 0. The van der Waals surface area contributed by atoms with Crippen LogP contribution < -0.4 is 4.74 Å². The summed E-state index contributed by atoms with van der Waals surface area (Å²) in [4.78, 5) is 4.60. The van der Waals surface area contributed by atoms with Gasteiger partial charge in [-0.15, -0.1) is 0 Å². The highest BCUT2D eigenvalue weighted by atomic mass is 16.5. The molecule has 0 bridgehead atoms. The van der Waals surface area contributed by atoms with Crippen LogP contribution in [-0.4, -0.2) is 9.38 Å². The fourth-order valence-electron chi connectivity index (χ4n) is 3.20. The lowest BCUT2D eigenvalue weighted by Gasteiger charge is -2.12. The molecule has 28 heavy (non-hydrogen) atoms. The van der Waals surface area contributed by atoms with Crippen LogP contribution in [0.25, 0.3) is 16.8 Å². The molecule has 1 fully saturated rings. The van der Waals surface area contributed by atoms with Gasteiger partial charge in [0, 0.05) is 12.0 Å². The molecular weight excluding hydrogens is 344 g/mol. The second-order valence-electron chi connectivity index (χ2n) is 7.10. The molecule has 4 aromatic rings. The van der Waals surface area contributed by atoms with E-state index >= 15 is 0 Å². The molecule has 0 saturated heterocycles. The number of rotatable bonds is 4. The van der Waals surface area contributed by atoms with Crippen molar-refractivity contribution < 1.29 is 4.74 Å². The summed E-state index contributed by atoms with van der Waals surface area (Å²) in [5.41, 5.74) is 5.09. The Labute approximate surface area is 164 Å². The predicted molar refractivity (Wildman–Crippen MR) is 111 cm³/mol. The van der Waals surface area contributed by atoms with Gasteiger partial charge in [0.2, 0.25) is 5.88 Å². The summed E-state index contributed by atoms with van der Waals surface area (Å²) < 4.78 is 8.26. The highest BCUT2D eigenvalue weighted by Gasteiger charge is 2.18. The molecule has 1 saturated carbocycles. The van der Waals surface area contributed by atoms with Gasteiger partial charge in [-0.3, -0.25) is 4.40 Å². The van der Waals surface area contributed by atoms with E-state index in [1.807, 2.05) is 47.0 Å². The first kappa shape index (κ1) is 16.6. The summed E-state index contributed by atoms with van der Waals surface area (Å²) in [6.07, 6.45) is 4.26. The maximum Gasteiger partial charge on any atom is 0.201 e. The zero-order valence-electron chi connectivity index (χ0n) is 15.5. The standard InChI is InChI=1S/C25H20N2O/c1-3-7-20(8-4-1)18-28-25-16-22(21-9-5-2-6-10-21)15-24-26-17-23(27(24)25)14-13-19-11-12-19/h1-10,15-17,19H,11-12,18H2. The SMILES string of the molecule is C(#CC1CC1)c1cnc2cc(-c3ccccc3)cc(OCc3ccccc3)n12. The van der Waals surface area contributed by atoms with Crippen molar-refractivity contribution >= 4 is 5.65 Å². The van der Waals surface area contributed by atoms with Crippen molar-refractivity contribution in [1.82, 2.24) is 9.38 Å². The first-order chi connectivity index (χ1) is 13.9. The van der Waals surface area contributed by atoms with Crippen LogP contribution in [0.1, 0.15) is 24.1 Å². The van der Waals surface area contributed by atoms with Crippen LogP contribution in [0.5, 0.6) is 5.88 Å². The number of imidazole rings is 1. The molecule has 0 amide bonds. The molecule has 3 nitrogen and oxygen atoms in total. The molecule has 136 valence electrons. The van der Waals surface area contributed by atoms with Gasteiger partial charge in [-0.05, 0) is 41.5 Å². The molecule has 1 aliphatic carbocycles. The Kier molecular flexibility index (Phi) is 4.31. The van der Waals surface area contributed by atoms with E-state index < -0.39 is 0 Å². The van der Waals surface area contributed by atoms with Crippen molar-refractivity contribution in [2.75, 3.05) is 0 Å². The summed E-state index contributed by atoms with van der Waals surface area (Å²) in [5, 5.41) is 0. The van der Waals surface area contributed by atoms with E-state index in [0.29, 0.717) is 12.5 Å². The van der Waals surface area contributed by atoms with Crippen molar-refractivity contribution in [1.29, 1.82) is 0 Å². The molecule has 5 rings (SSSR count). The Hall–Kier alpha value is -3.51. The zero-order valence-corrected chi connectivity index (χ0v) is 15.5. The molecule has 3 heteroatoms. The van der Waals surface area contributed by atoms with Crippen LogP contribution in [0.15, 0.2) is 79.0 Å². The maximum absolute atomic E-state index is 6.24. The Balaban J connectivity index is 1.58. The van der Waals surface area contributed by atoms with Gasteiger partial charge in [0.15, 0.2) is 0 Å². The van der Waals surface area contributed by atoms with Gasteiger partial charge in [-0.2, -0.15) is 0 Å². The van der Waals surface area contributed by atoms with E-state index in [1.54, 1.807) is 0 Å². The van der Waals surface area contributed by atoms with E-state index in [4.69, 9.17) is 4.74 Å². The number of nitrogens with zero attached hydrogens (tertiary/aromatic N) is 2. The zero-order chi connectivity index (χ0) is 18.8. The van der Waals surface area contributed by atoms with Crippen molar-refractivity contribution in [2.45, 2.75) is 19.4 Å². The molecule has 0 N–H and O–H groups in total. The topological polar surface area (TPSA) is 26.5 Å². The maximum atomic E-state index is 6.24. The molecule has 0 atom stereocenters. The smallest absolute Gasteiger partial charge is 0.201 e. The van der Waals surface area contributed by atoms with Crippen molar-refractivity contribution in [3.63, 3.8) is 0 Å². The van der Waals surface area contributed by atoms with Crippen LogP contribution in [0, 0.1) is 17.8 Å². The second-order valence-corrected chi connectivity index (χ2v) is 7.10. The number of fused-ring (bicyclic) bond motifs is 1. The Morgan fingerprint density at radius 3 is 2.43 bits per heavy atom. The molecular formula is C25H20N2O. The van der Waals surface area contributed by atoms with Crippen molar-refractivity contribution in [3.05, 3.63) is 90.3 Å². The highest BCUT2D eigenvalue weighted by molar-refractivity contribution is 5.70. The molecule has 2 heterocycles. The van der Waals surface area contributed by atoms with E-state index in [1.165, 1.54) is 12.8 Å². The van der Waals surface area contributed by atoms with Crippen molar-refractivity contribution in [3.8, 4) is 28.8 Å². The monoisotopic (exact) mass is 364 g/mol. The Morgan fingerprint density at radius 1 is 0.929 bits per heavy atom. The number of ether oxygens (including phenoxy) is 1. The van der Waals surface area contributed by atoms with Gasteiger partial charge in [0.1, 0.15) is 17.9 Å². The van der Waals surface area contributed by atoms with Gasteiger partial charge < -0.3 is 4.74 Å². The largest absolute Gasteiger partial charge is 0.474 e. The lowest BCUT2D eigenvalue weighted by Crippen LogP contribution is -2.02. The van der Waals surface area contributed by atoms with Crippen LogP contribution in [0.2, 0.25) is 0 Å². The molecule has 2 aromatic carbocycles. The predicted octanol–water partition coefficient (Wildman–Crippen LogP) is 5.34. The Bertz CT molecular complexity index is 1160. The minimum atomic E-state index is 0.502. The summed E-state index contributed by atoms with van der Waals surface area (Å²) in [6.45, 7) is 0.502. The molecule has 0 unspecified atom stereocenters.